The highest BCUT2D eigenvalue weighted by molar-refractivity contribution is 7.92. The van der Waals surface area contributed by atoms with Crippen molar-refractivity contribution in [1.82, 2.24) is 5.32 Å². The van der Waals surface area contributed by atoms with Gasteiger partial charge in [0.15, 0.2) is 15.1 Å². The lowest BCUT2D eigenvalue weighted by molar-refractivity contribution is -0.122. The van der Waals surface area contributed by atoms with Crippen LogP contribution < -0.4 is 5.32 Å². The molecule has 0 bridgehead atoms. The van der Waals surface area contributed by atoms with E-state index >= 15 is 0 Å². The van der Waals surface area contributed by atoms with Gasteiger partial charge >= 0.3 is 0 Å². The van der Waals surface area contributed by atoms with Gasteiger partial charge in [-0.2, -0.15) is 0 Å². The van der Waals surface area contributed by atoms with Crippen LogP contribution in [0, 0.1) is 6.92 Å². The highest BCUT2D eigenvalue weighted by Crippen LogP contribution is 2.31. The summed E-state index contributed by atoms with van der Waals surface area (Å²) in [6, 6.07) is 24.7. The van der Waals surface area contributed by atoms with Gasteiger partial charge in [-0.3, -0.25) is 4.79 Å². The molecule has 0 saturated heterocycles. The molecule has 1 atom stereocenters. The zero-order valence-electron chi connectivity index (χ0n) is 16.8. The molecule has 0 heterocycles. The number of aryl methyl sites for hydroxylation is 1. The van der Waals surface area contributed by atoms with Gasteiger partial charge in [0.25, 0.3) is 0 Å². The lowest BCUT2D eigenvalue weighted by Crippen LogP contribution is -2.45. The van der Waals surface area contributed by atoms with Crippen LogP contribution in [0.4, 0.5) is 0 Å². The largest absolute Gasteiger partial charge is 0.346 e. The Morgan fingerprint density at radius 1 is 0.828 bits per heavy atom. The molecule has 3 aromatic rings. The summed E-state index contributed by atoms with van der Waals surface area (Å²) in [4.78, 5) is 13.5. The summed E-state index contributed by atoms with van der Waals surface area (Å²) in [7, 11) is -3.94. The minimum Gasteiger partial charge on any atom is -0.346 e. The van der Waals surface area contributed by atoms with Crippen molar-refractivity contribution in [3.63, 3.8) is 0 Å². The molecular weight excluding hydrogens is 382 g/mol. The number of benzene rings is 3. The first-order valence-electron chi connectivity index (χ1n) is 9.45. The number of amides is 1. The van der Waals surface area contributed by atoms with Crippen molar-refractivity contribution in [2.75, 3.05) is 0 Å². The first-order valence-corrected chi connectivity index (χ1v) is 11.0. The van der Waals surface area contributed by atoms with Gasteiger partial charge in [-0.25, -0.2) is 8.42 Å². The normalized spacial score (nSPS) is 12.9. The predicted octanol–water partition coefficient (Wildman–Crippen LogP) is 4.56. The molecule has 1 N–H and O–H groups in total. The van der Waals surface area contributed by atoms with Crippen LogP contribution >= 0.6 is 0 Å². The average Bonchev–Trinajstić information content (AvgIpc) is 2.69. The summed E-state index contributed by atoms with van der Waals surface area (Å²) < 4.78 is 26.9. The molecule has 0 saturated carbocycles. The Morgan fingerprint density at radius 3 is 1.90 bits per heavy atom. The van der Waals surface area contributed by atoms with Crippen LogP contribution in [-0.4, -0.2) is 14.3 Å². The molecule has 0 radical (unpaired) electrons. The second kappa shape index (κ2) is 8.21. The molecule has 3 rings (SSSR count). The molecule has 4 nitrogen and oxygen atoms in total. The minimum absolute atomic E-state index is 0.129. The fourth-order valence-corrected chi connectivity index (χ4v) is 4.91. The number of hydrogen-bond acceptors (Lipinski definition) is 3. The Bertz CT molecular complexity index is 1070. The van der Waals surface area contributed by atoms with E-state index in [1.54, 1.807) is 54.6 Å². The molecular formula is C24H25NO3S. The Kier molecular flexibility index (Phi) is 5.89. The summed E-state index contributed by atoms with van der Waals surface area (Å²) >= 11 is 0. The Hall–Kier alpha value is -2.92. The van der Waals surface area contributed by atoms with Gasteiger partial charge in [-0.15, -0.1) is 0 Å². The monoisotopic (exact) mass is 407 g/mol. The zero-order valence-corrected chi connectivity index (χ0v) is 17.6. The molecule has 0 aliphatic carbocycles. The smallest absolute Gasteiger partial charge is 0.243 e. The predicted molar refractivity (Wildman–Crippen MR) is 115 cm³/mol. The van der Waals surface area contributed by atoms with Crippen LogP contribution in [0.15, 0.2) is 89.8 Å². The van der Waals surface area contributed by atoms with E-state index < -0.39 is 26.5 Å². The van der Waals surface area contributed by atoms with Crippen LogP contribution in [0.1, 0.15) is 35.8 Å². The molecule has 0 aliphatic heterocycles. The van der Waals surface area contributed by atoms with Gasteiger partial charge < -0.3 is 5.32 Å². The van der Waals surface area contributed by atoms with Gasteiger partial charge in [0.2, 0.25) is 5.91 Å². The SMILES string of the molecule is Cc1ccc(S(=O)(=O)C(C(=O)NC(C)(C)c2ccccc2)c2ccccc2)cc1. The molecule has 0 aliphatic rings. The van der Waals surface area contributed by atoms with Gasteiger partial charge in [-0.05, 0) is 44.0 Å². The third-order valence-corrected chi connectivity index (χ3v) is 6.97. The summed E-state index contributed by atoms with van der Waals surface area (Å²) in [6.45, 7) is 5.61. The third-order valence-electron chi connectivity index (χ3n) is 4.93. The van der Waals surface area contributed by atoms with E-state index in [2.05, 4.69) is 5.32 Å². The fourth-order valence-electron chi connectivity index (χ4n) is 3.26. The molecule has 1 amide bonds. The van der Waals surface area contributed by atoms with Crippen LogP contribution in [0.3, 0.4) is 0 Å². The maximum absolute atomic E-state index is 13.4. The summed E-state index contributed by atoms with van der Waals surface area (Å²) in [5.41, 5.74) is 1.56. The van der Waals surface area contributed by atoms with Gasteiger partial charge in [-0.1, -0.05) is 78.4 Å². The second-order valence-electron chi connectivity index (χ2n) is 7.63. The lowest BCUT2D eigenvalue weighted by Gasteiger charge is -2.29. The summed E-state index contributed by atoms with van der Waals surface area (Å²) in [5.74, 6) is -0.550. The van der Waals surface area contributed by atoms with Crippen molar-refractivity contribution in [2.45, 2.75) is 36.5 Å². The van der Waals surface area contributed by atoms with E-state index in [1.807, 2.05) is 51.1 Å². The topological polar surface area (TPSA) is 63.2 Å². The van der Waals surface area contributed by atoms with Crippen molar-refractivity contribution in [2.24, 2.45) is 0 Å². The second-order valence-corrected chi connectivity index (χ2v) is 9.66. The van der Waals surface area contributed by atoms with Gasteiger partial charge in [0.05, 0.1) is 10.4 Å². The Morgan fingerprint density at radius 2 is 1.34 bits per heavy atom. The highest BCUT2D eigenvalue weighted by Gasteiger charge is 2.38. The number of rotatable bonds is 6. The van der Waals surface area contributed by atoms with Crippen molar-refractivity contribution in [3.05, 3.63) is 102 Å². The molecule has 0 aromatic heterocycles. The average molecular weight is 408 g/mol. The maximum atomic E-state index is 13.4. The third kappa shape index (κ3) is 4.57. The molecule has 150 valence electrons. The van der Waals surface area contributed by atoms with Gasteiger partial charge in [0, 0.05) is 0 Å². The van der Waals surface area contributed by atoms with E-state index in [9.17, 15) is 13.2 Å². The molecule has 0 spiro atoms. The Labute approximate surface area is 172 Å². The maximum Gasteiger partial charge on any atom is 0.243 e. The van der Waals surface area contributed by atoms with Crippen molar-refractivity contribution in [1.29, 1.82) is 0 Å². The zero-order chi connectivity index (χ0) is 21.1. The van der Waals surface area contributed by atoms with E-state index in [0.29, 0.717) is 5.56 Å². The molecule has 3 aromatic carbocycles. The van der Waals surface area contributed by atoms with Crippen LogP contribution in [0.2, 0.25) is 0 Å². The van der Waals surface area contributed by atoms with E-state index in [0.717, 1.165) is 11.1 Å². The molecule has 0 fully saturated rings. The lowest BCUT2D eigenvalue weighted by atomic mass is 9.94. The van der Waals surface area contributed by atoms with Crippen LogP contribution in [0.25, 0.3) is 0 Å². The van der Waals surface area contributed by atoms with Crippen molar-refractivity contribution < 1.29 is 13.2 Å². The molecule has 29 heavy (non-hydrogen) atoms. The number of sulfone groups is 1. The van der Waals surface area contributed by atoms with E-state index in [1.165, 1.54) is 0 Å². The van der Waals surface area contributed by atoms with Gasteiger partial charge in [0.1, 0.15) is 0 Å². The van der Waals surface area contributed by atoms with Crippen LogP contribution in [0.5, 0.6) is 0 Å². The van der Waals surface area contributed by atoms with Crippen LogP contribution in [-0.2, 0) is 20.2 Å². The first kappa shape index (κ1) is 20.8. The Balaban J connectivity index is 2.02. The van der Waals surface area contributed by atoms with Crippen molar-refractivity contribution in [3.8, 4) is 0 Å². The quantitative estimate of drug-likeness (QED) is 0.651. The standard InChI is InChI=1S/C24H25NO3S/c1-18-14-16-21(17-15-18)29(27,28)22(19-10-6-4-7-11-19)23(26)25-24(2,3)20-12-8-5-9-13-20/h4-17,22H,1-3H3,(H,25,26). The van der Waals surface area contributed by atoms with Crippen molar-refractivity contribution >= 4 is 15.7 Å². The number of carbonyl (C=O) groups is 1. The molecule has 1 unspecified atom stereocenters. The van der Waals surface area contributed by atoms with E-state index in [-0.39, 0.29) is 4.90 Å². The summed E-state index contributed by atoms with van der Waals surface area (Å²) in [6.07, 6.45) is 0. The number of hydrogen-bond donors (Lipinski definition) is 1. The fraction of sp³-hybridized carbons (Fsp3) is 0.208. The number of carbonyl (C=O) groups excluding carboxylic acids is 1. The number of nitrogens with one attached hydrogen (secondary N) is 1. The first-order chi connectivity index (χ1) is 13.7. The molecule has 5 heteroatoms. The highest BCUT2D eigenvalue weighted by atomic mass is 32.2. The summed E-state index contributed by atoms with van der Waals surface area (Å²) in [5, 5.41) is 1.60. The minimum atomic E-state index is -3.94. The van der Waals surface area contributed by atoms with E-state index in [4.69, 9.17) is 0 Å².